The summed E-state index contributed by atoms with van der Waals surface area (Å²) in [5.74, 6) is -1.38. The predicted molar refractivity (Wildman–Crippen MR) is 54.1 cm³/mol. The van der Waals surface area contributed by atoms with Crippen LogP contribution in [-0.4, -0.2) is 24.8 Å². The number of hydrogen-bond acceptors (Lipinski definition) is 3. The fourth-order valence-corrected chi connectivity index (χ4v) is 1.07. The first-order valence-electron chi connectivity index (χ1n) is 4.41. The standard InChI is InChI=1S/C10H8ClF3O3/c1-16-8(15)6-4-2-3-5-7(6)17-10(13,14)9(11)12/h2-5,9H,1H3/t9-/m0/s1. The monoisotopic (exact) mass is 268 g/mol. The first-order valence-corrected chi connectivity index (χ1v) is 4.84. The highest BCUT2D eigenvalue weighted by molar-refractivity contribution is 6.20. The summed E-state index contributed by atoms with van der Waals surface area (Å²) in [5.41, 5.74) is -3.26. The minimum absolute atomic E-state index is 0.244. The van der Waals surface area contributed by atoms with Crippen molar-refractivity contribution in [2.24, 2.45) is 0 Å². The van der Waals surface area contributed by atoms with Crippen molar-refractivity contribution in [3.8, 4) is 5.75 Å². The van der Waals surface area contributed by atoms with Crippen LogP contribution in [0, 0.1) is 0 Å². The molecule has 0 saturated carbocycles. The van der Waals surface area contributed by atoms with Crippen LogP contribution in [0.25, 0.3) is 0 Å². The molecule has 0 unspecified atom stereocenters. The van der Waals surface area contributed by atoms with Crippen molar-refractivity contribution in [3.63, 3.8) is 0 Å². The predicted octanol–water partition coefficient (Wildman–Crippen LogP) is 2.98. The van der Waals surface area contributed by atoms with Crippen molar-refractivity contribution in [2.75, 3.05) is 7.11 Å². The molecule has 1 atom stereocenters. The average Bonchev–Trinajstić information content (AvgIpc) is 2.28. The molecule has 1 rings (SSSR count). The molecule has 0 fully saturated rings. The molecule has 0 bridgehead atoms. The largest absolute Gasteiger partial charge is 0.465 e. The van der Waals surface area contributed by atoms with Crippen LogP contribution in [0.2, 0.25) is 0 Å². The minimum atomic E-state index is -4.23. The molecule has 0 aliphatic rings. The number of carbonyl (C=O) groups excluding carboxylic acids is 1. The van der Waals surface area contributed by atoms with Gasteiger partial charge in [-0.25, -0.2) is 9.18 Å². The van der Waals surface area contributed by atoms with Crippen molar-refractivity contribution in [1.82, 2.24) is 0 Å². The molecule has 17 heavy (non-hydrogen) atoms. The smallest absolute Gasteiger partial charge is 0.444 e. The zero-order valence-electron chi connectivity index (χ0n) is 8.62. The van der Waals surface area contributed by atoms with Gasteiger partial charge in [0.15, 0.2) is 0 Å². The van der Waals surface area contributed by atoms with Gasteiger partial charge in [-0.15, -0.1) is 0 Å². The maximum absolute atomic E-state index is 12.9. The molecule has 0 aliphatic carbocycles. The van der Waals surface area contributed by atoms with E-state index in [1.165, 1.54) is 18.2 Å². The van der Waals surface area contributed by atoms with Gasteiger partial charge in [0.25, 0.3) is 5.63 Å². The first-order chi connectivity index (χ1) is 7.88. The molecule has 0 aliphatic heterocycles. The number of halogens is 4. The molecule has 3 nitrogen and oxygen atoms in total. The zero-order chi connectivity index (χ0) is 13.1. The second kappa shape index (κ2) is 5.27. The molecule has 0 amide bonds. The van der Waals surface area contributed by atoms with E-state index in [2.05, 4.69) is 21.1 Å². The van der Waals surface area contributed by atoms with Crippen LogP contribution in [0.1, 0.15) is 10.4 Å². The average molecular weight is 269 g/mol. The van der Waals surface area contributed by atoms with Crippen molar-refractivity contribution in [1.29, 1.82) is 0 Å². The lowest BCUT2D eigenvalue weighted by atomic mass is 10.2. The highest BCUT2D eigenvalue weighted by atomic mass is 35.5. The minimum Gasteiger partial charge on any atom is -0.465 e. The normalized spacial score (nSPS) is 13.0. The van der Waals surface area contributed by atoms with Crippen molar-refractivity contribution >= 4 is 17.6 Å². The Labute approximate surface area is 100 Å². The van der Waals surface area contributed by atoms with Crippen molar-refractivity contribution in [2.45, 2.75) is 11.7 Å². The van der Waals surface area contributed by atoms with Crippen LogP contribution in [0.4, 0.5) is 13.2 Å². The lowest BCUT2D eigenvalue weighted by Gasteiger charge is -2.19. The van der Waals surface area contributed by atoms with Gasteiger partial charge in [0.1, 0.15) is 11.3 Å². The van der Waals surface area contributed by atoms with Gasteiger partial charge in [-0.05, 0) is 12.1 Å². The quantitative estimate of drug-likeness (QED) is 0.622. The van der Waals surface area contributed by atoms with Gasteiger partial charge in [-0.3, -0.25) is 0 Å². The van der Waals surface area contributed by atoms with Gasteiger partial charge in [-0.2, -0.15) is 8.78 Å². The molecule has 1 aromatic rings. The van der Waals surface area contributed by atoms with Crippen molar-refractivity contribution in [3.05, 3.63) is 29.8 Å². The second-order valence-electron chi connectivity index (χ2n) is 2.95. The number of esters is 1. The van der Waals surface area contributed by atoms with Gasteiger partial charge in [0.2, 0.25) is 0 Å². The van der Waals surface area contributed by atoms with Crippen LogP contribution >= 0.6 is 11.6 Å². The Morgan fingerprint density at radius 3 is 2.53 bits per heavy atom. The van der Waals surface area contributed by atoms with E-state index in [1.807, 2.05) is 0 Å². The molecule has 0 heterocycles. The summed E-state index contributed by atoms with van der Waals surface area (Å²) in [6.07, 6.45) is -4.23. The van der Waals surface area contributed by atoms with Crippen LogP contribution in [0.3, 0.4) is 0 Å². The lowest BCUT2D eigenvalue weighted by molar-refractivity contribution is -0.199. The lowest BCUT2D eigenvalue weighted by Crippen LogP contribution is -2.33. The third-order valence-electron chi connectivity index (χ3n) is 1.79. The summed E-state index contributed by atoms with van der Waals surface area (Å²) in [5, 5.41) is 0. The number of methoxy groups -OCH3 is 1. The number of ether oxygens (including phenoxy) is 2. The molecule has 0 radical (unpaired) electrons. The first kappa shape index (κ1) is 13.6. The van der Waals surface area contributed by atoms with E-state index in [-0.39, 0.29) is 5.56 Å². The van der Waals surface area contributed by atoms with Gasteiger partial charge in [-0.1, -0.05) is 23.7 Å². The summed E-state index contributed by atoms with van der Waals surface area (Å²) >= 11 is 4.63. The fourth-order valence-electron chi connectivity index (χ4n) is 1.03. The van der Waals surface area contributed by atoms with Gasteiger partial charge >= 0.3 is 12.1 Å². The van der Waals surface area contributed by atoms with Crippen LogP contribution in [0.5, 0.6) is 5.75 Å². The number of benzene rings is 1. The van der Waals surface area contributed by atoms with Gasteiger partial charge < -0.3 is 9.47 Å². The Bertz CT molecular complexity index is 410. The summed E-state index contributed by atoms with van der Waals surface area (Å²) in [6.45, 7) is 0. The molecule has 0 spiro atoms. The Balaban J connectivity index is 3.03. The van der Waals surface area contributed by atoms with E-state index >= 15 is 0 Å². The van der Waals surface area contributed by atoms with E-state index in [9.17, 15) is 18.0 Å². The van der Waals surface area contributed by atoms with Crippen LogP contribution in [-0.2, 0) is 4.74 Å². The summed E-state index contributed by atoms with van der Waals surface area (Å²) in [6, 6.07) is 5.06. The number of hydrogen-bond donors (Lipinski definition) is 0. The maximum atomic E-state index is 12.9. The molecular weight excluding hydrogens is 261 g/mol. The molecule has 1 aromatic carbocycles. The zero-order valence-corrected chi connectivity index (χ0v) is 9.38. The van der Waals surface area contributed by atoms with E-state index in [0.29, 0.717) is 0 Å². The number of para-hydroxylation sites is 1. The molecule has 0 N–H and O–H groups in total. The fraction of sp³-hybridized carbons (Fsp3) is 0.300. The highest BCUT2D eigenvalue weighted by Gasteiger charge is 2.42. The maximum Gasteiger partial charge on any atom is 0.444 e. The van der Waals surface area contributed by atoms with Crippen molar-refractivity contribution < 1.29 is 27.4 Å². The Hall–Kier alpha value is -1.43. The molecule has 0 aromatic heterocycles. The van der Waals surface area contributed by atoms with E-state index in [4.69, 9.17) is 0 Å². The van der Waals surface area contributed by atoms with E-state index in [1.54, 1.807) is 0 Å². The topological polar surface area (TPSA) is 35.5 Å². The Morgan fingerprint density at radius 2 is 2.00 bits per heavy atom. The molecular formula is C10H8ClF3O3. The summed E-state index contributed by atoms with van der Waals surface area (Å²) in [4.78, 5) is 11.2. The molecule has 7 heteroatoms. The third kappa shape index (κ3) is 3.26. The molecule has 0 saturated heterocycles. The van der Waals surface area contributed by atoms with Crippen LogP contribution < -0.4 is 4.74 Å². The SMILES string of the molecule is COC(=O)c1ccccc1OC(F)(F)[C@H](F)Cl. The van der Waals surface area contributed by atoms with E-state index < -0.39 is 23.5 Å². The number of carbonyl (C=O) groups is 1. The molecule has 94 valence electrons. The Morgan fingerprint density at radius 1 is 1.41 bits per heavy atom. The summed E-state index contributed by atoms with van der Waals surface area (Å²) in [7, 11) is 1.08. The highest BCUT2D eigenvalue weighted by Crippen LogP contribution is 2.30. The summed E-state index contributed by atoms with van der Waals surface area (Å²) < 4.78 is 46.6. The van der Waals surface area contributed by atoms with Gasteiger partial charge in [0.05, 0.1) is 7.11 Å². The number of alkyl halides is 4. The third-order valence-corrected chi connectivity index (χ3v) is 2.05. The van der Waals surface area contributed by atoms with Crippen LogP contribution in [0.15, 0.2) is 24.3 Å². The van der Waals surface area contributed by atoms with E-state index in [0.717, 1.165) is 13.2 Å². The Kier molecular flexibility index (Phi) is 4.22. The number of rotatable bonds is 4. The second-order valence-corrected chi connectivity index (χ2v) is 3.34. The van der Waals surface area contributed by atoms with Gasteiger partial charge in [0, 0.05) is 0 Å².